The van der Waals surface area contributed by atoms with Gasteiger partial charge in [-0.15, -0.1) is 0 Å². The molecule has 0 spiro atoms. The number of hydrogen-bond donors (Lipinski definition) is 1. The molecule has 4 nitrogen and oxygen atoms in total. The van der Waals surface area contributed by atoms with Gasteiger partial charge in [0.2, 0.25) is 0 Å². The molecule has 0 aliphatic heterocycles. The Labute approximate surface area is 110 Å². The van der Waals surface area contributed by atoms with Crippen LogP contribution in [0.25, 0.3) is 0 Å². The van der Waals surface area contributed by atoms with E-state index in [0.717, 1.165) is 0 Å². The molecule has 1 N–H and O–H groups in total. The molecule has 0 heterocycles. The summed E-state index contributed by atoms with van der Waals surface area (Å²) in [5.41, 5.74) is 4.82. The van der Waals surface area contributed by atoms with Crippen molar-refractivity contribution in [2.75, 3.05) is 12.6 Å². The minimum absolute atomic E-state index is 0.134. The fourth-order valence-electron chi connectivity index (χ4n) is 2.34. The number of nitrogens with one attached hydrogen (secondary N) is 1. The van der Waals surface area contributed by atoms with Crippen molar-refractivity contribution in [3.05, 3.63) is 64.7 Å². The van der Waals surface area contributed by atoms with Gasteiger partial charge in [-0.05, 0) is 6.07 Å². The van der Waals surface area contributed by atoms with Crippen LogP contribution in [0.4, 0.5) is 5.69 Å². The molecule has 2 aromatic rings. The highest BCUT2D eigenvalue weighted by molar-refractivity contribution is 6.30. The van der Waals surface area contributed by atoms with E-state index >= 15 is 0 Å². The largest absolute Gasteiger partial charge is 0.289 e. The number of rotatable bonds is 2. The normalized spacial score (nSPS) is 12.9. The number of anilines is 1. The molecular weight excluding hydrogens is 242 g/mol. The maximum absolute atomic E-state index is 12.5. The molecule has 0 bridgehead atoms. The van der Waals surface area contributed by atoms with E-state index < -0.39 is 0 Å². The lowest BCUT2D eigenvalue weighted by Gasteiger charge is -2.19. The summed E-state index contributed by atoms with van der Waals surface area (Å²) in [5, 5.41) is 0. The van der Waals surface area contributed by atoms with Crippen molar-refractivity contribution >= 4 is 17.3 Å². The van der Waals surface area contributed by atoms with Crippen LogP contribution in [-0.2, 0) is 4.84 Å². The zero-order valence-electron chi connectivity index (χ0n) is 10.3. The fourth-order valence-corrected chi connectivity index (χ4v) is 2.34. The van der Waals surface area contributed by atoms with Crippen LogP contribution in [-0.4, -0.2) is 18.7 Å². The third-order valence-corrected chi connectivity index (χ3v) is 3.16. The Morgan fingerprint density at radius 2 is 1.47 bits per heavy atom. The first kappa shape index (κ1) is 11.6. The van der Waals surface area contributed by atoms with Gasteiger partial charge in [-0.1, -0.05) is 36.4 Å². The van der Waals surface area contributed by atoms with Crippen molar-refractivity contribution in [3.8, 4) is 0 Å². The van der Waals surface area contributed by atoms with Gasteiger partial charge in [0.15, 0.2) is 11.6 Å². The summed E-state index contributed by atoms with van der Waals surface area (Å²) in [6.45, 7) is 0. The summed E-state index contributed by atoms with van der Waals surface area (Å²) in [4.78, 5) is 29.7. The second-order valence-corrected chi connectivity index (χ2v) is 4.24. The van der Waals surface area contributed by atoms with Crippen molar-refractivity contribution in [1.29, 1.82) is 0 Å². The fraction of sp³-hybridized carbons (Fsp3) is 0.0667. The molecule has 0 fully saturated rings. The lowest BCUT2D eigenvalue weighted by molar-refractivity contribution is 0.0979. The monoisotopic (exact) mass is 253 g/mol. The van der Waals surface area contributed by atoms with Crippen molar-refractivity contribution < 1.29 is 14.4 Å². The van der Waals surface area contributed by atoms with Crippen LogP contribution in [0.3, 0.4) is 0 Å². The Kier molecular flexibility index (Phi) is 2.65. The number of hydrogen-bond acceptors (Lipinski definition) is 4. The molecule has 0 aromatic heterocycles. The van der Waals surface area contributed by atoms with E-state index in [1.807, 2.05) is 0 Å². The predicted molar refractivity (Wildman–Crippen MR) is 70.4 cm³/mol. The smallest absolute Gasteiger partial charge is 0.196 e. The Bertz CT molecular complexity index is 692. The molecule has 4 heteroatoms. The quantitative estimate of drug-likeness (QED) is 0.713. The van der Waals surface area contributed by atoms with E-state index in [1.165, 1.54) is 7.11 Å². The first-order valence-electron chi connectivity index (χ1n) is 5.84. The van der Waals surface area contributed by atoms with E-state index in [2.05, 4.69) is 5.48 Å². The van der Waals surface area contributed by atoms with Gasteiger partial charge in [-0.2, -0.15) is 0 Å². The number of ketones is 2. The van der Waals surface area contributed by atoms with Crippen LogP contribution in [0.5, 0.6) is 0 Å². The van der Waals surface area contributed by atoms with Crippen molar-refractivity contribution in [2.45, 2.75) is 0 Å². The van der Waals surface area contributed by atoms with Gasteiger partial charge in [0, 0.05) is 16.7 Å². The molecule has 0 saturated carbocycles. The lowest BCUT2D eigenvalue weighted by Crippen LogP contribution is -2.22. The lowest BCUT2D eigenvalue weighted by atomic mass is 9.83. The Balaban J connectivity index is 2.27. The van der Waals surface area contributed by atoms with Gasteiger partial charge < -0.3 is 0 Å². The van der Waals surface area contributed by atoms with Crippen LogP contribution >= 0.6 is 0 Å². The molecule has 94 valence electrons. The van der Waals surface area contributed by atoms with Crippen LogP contribution in [0, 0.1) is 0 Å². The van der Waals surface area contributed by atoms with Gasteiger partial charge in [0.25, 0.3) is 0 Å². The number of benzene rings is 2. The number of carbonyl (C=O) groups excluding carboxylic acids is 2. The zero-order valence-corrected chi connectivity index (χ0v) is 10.3. The molecular formula is C15H11NO3. The summed E-state index contributed by atoms with van der Waals surface area (Å²) in [5.74, 6) is -0.296. The summed E-state index contributed by atoms with van der Waals surface area (Å²) in [6.07, 6.45) is 0. The van der Waals surface area contributed by atoms with Crippen molar-refractivity contribution in [1.82, 2.24) is 0 Å². The molecule has 0 saturated heterocycles. The summed E-state index contributed by atoms with van der Waals surface area (Å²) in [7, 11) is 1.46. The predicted octanol–water partition coefficient (Wildman–Crippen LogP) is 2.44. The zero-order chi connectivity index (χ0) is 13.4. The summed E-state index contributed by atoms with van der Waals surface area (Å²) >= 11 is 0. The molecule has 0 radical (unpaired) electrons. The Morgan fingerprint density at radius 1 is 0.842 bits per heavy atom. The SMILES string of the molecule is CONc1cccc2c1C(=O)c1ccccc1C2=O. The van der Waals surface area contributed by atoms with Gasteiger partial charge >= 0.3 is 0 Å². The van der Waals surface area contributed by atoms with Gasteiger partial charge in [0.1, 0.15) is 0 Å². The first-order valence-corrected chi connectivity index (χ1v) is 5.84. The standard InChI is InChI=1S/C15H11NO3/c1-19-16-12-8-4-7-11-13(12)15(18)10-6-3-2-5-9(10)14(11)17/h2-8,16H,1H3. The molecule has 0 atom stereocenters. The van der Waals surface area contributed by atoms with E-state index in [4.69, 9.17) is 4.84 Å². The van der Waals surface area contributed by atoms with Gasteiger partial charge in [-0.25, -0.2) is 0 Å². The average molecular weight is 253 g/mol. The average Bonchev–Trinajstić information content (AvgIpc) is 2.45. The second kappa shape index (κ2) is 4.33. The van der Waals surface area contributed by atoms with E-state index in [-0.39, 0.29) is 11.6 Å². The summed E-state index contributed by atoms with van der Waals surface area (Å²) < 4.78 is 0. The van der Waals surface area contributed by atoms with Gasteiger partial charge in [0.05, 0.1) is 18.4 Å². The molecule has 2 aromatic carbocycles. The van der Waals surface area contributed by atoms with Crippen molar-refractivity contribution in [3.63, 3.8) is 0 Å². The molecule has 1 aliphatic carbocycles. The van der Waals surface area contributed by atoms with Gasteiger partial charge in [-0.3, -0.25) is 19.9 Å². The van der Waals surface area contributed by atoms with E-state index in [9.17, 15) is 9.59 Å². The number of carbonyl (C=O) groups is 2. The Morgan fingerprint density at radius 3 is 2.16 bits per heavy atom. The van der Waals surface area contributed by atoms with Crippen LogP contribution in [0.15, 0.2) is 42.5 Å². The third kappa shape index (κ3) is 1.65. The van der Waals surface area contributed by atoms with Crippen molar-refractivity contribution in [2.24, 2.45) is 0 Å². The Hall–Kier alpha value is -2.46. The molecule has 19 heavy (non-hydrogen) atoms. The van der Waals surface area contributed by atoms with Crippen LogP contribution < -0.4 is 5.48 Å². The maximum Gasteiger partial charge on any atom is 0.196 e. The molecule has 0 amide bonds. The third-order valence-electron chi connectivity index (χ3n) is 3.16. The summed E-state index contributed by atoms with van der Waals surface area (Å²) in [6, 6.07) is 11.9. The van der Waals surface area contributed by atoms with E-state index in [1.54, 1.807) is 42.5 Å². The highest BCUT2D eigenvalue weighted by Gasteiger charge is 2.31. The topological polar surface area (TPSA) is 55.4 Å². The molecule has 3 rings (SSSR count). The molecule has 0 unspecified atom stereocenters. The maximum atomic E-state index is 12.5. The van der Waals surface area contributed by atoms with Crippen LogP contribution in [0.1, 0.15) is 31.8 Å². The first-order chi connectivity index (χ1) is 9.24. The number of fused-ring (bicyclic) bond motifs is 2. The van der Waals surface area contributed by atoms with Crippen LogP contribution in [0.2, 0.25) is 0 Å². The minimum Gasteiger partial charge on any atom is -0.289 e. The van der Waals surface area contributed by atoms with E-state index in [0.29, 0.717) is 27.9 Å². The highest BCUT2D eigenvalue weighted by Crippen LogP contribution is 2.31. The highest BCUT2D eigenvalue weighted by atomic mass is 16.6. The molecule has 1 aliphatic rings. The minimum atomic E-state index is -0.162. The second-order valence-electron chi connectivity index (χ2n) is 4.24.